The van der Waals surface area contributed by atoms with E-state index in [1.165, 1.54) is 12.7 Å². The Morgan fingerprint density at radius 2 is 1.65 bits per heavy atom. The van der Waals surface area contributed by atoms with Gasteiger partial charge in [-0.05, 0) is 36.1 Å². The van der Waals surface area contributed by atoms with Gasteiger partial charge in [-0.15, -0.1) is 0 Å². The number of fused-ring (bicyclic) bond motifs is 1. The summed E-state index contributed by atoms with van der Waals surface area (Å²) in [6.45, 7) is 0. The fraction of sp³-hybridized carbons (Fsp3) is 0.263. The van der Waals surface area contributed by atoms with Crippen LogP contribution in [0.4, 0.5) is 0 Å². The number of esters is 1. The third-order valence-electron chi connectivity index (χ3n) is 4.40. The van der Waals surface area contributed by atoms with E-state index >= 15 is 0 Å². The van der Waals surface area contributed by atoms with Crippen LogP contribution in [0.2, 0.25) is 0 Å². The van der Waals surface area contributed by atoms with Crippen LogP contribution in [0.1, 0.15) is 27.9 Å². The Hall–Kier alpha value is -2.62. The highest BCUT2D eigenvalue weighted by Gasteiger charge is 2.43. The van der Waals surface area contributed by atoms with Crippen molar-refractivity contribution in [3.05, 3.63) is 71.3 Å². The molecule has 3 rings (SSSR count). The fourth-order valence-electron chi connectivity index (χ4n) is 3.14. The SMILES string of the molecule is COC(=O)[C@@]1(NC(=O)c2ccccc2)CCc2ccccc2C1. The van der Waals surface area contributed by atoms with Crippen LogP contribution < -0.4 is 5.32 Å². The first-order valence-corrected chi connectivity index (χ1v) is 7.67. The third kappa shape index (κ3) is 2.97. The van der Waals surface area contributed by atoms with Crippen LogP contribution in [0.3, 0.4) is 0 Å². The molecule has 4 nitrogen and oxygen atoms in total. The number of aryl methyl sites for hydroxylation is 1. The van der Waals surface area contributed by atoms with Gasteiger partial charge in [0.1, 0.15) is 5.54 Å². The van der Waals surface area contributed by atoms with E-state index in [-0.39, 0.29) is 5.91 Å². The van der Waals surface area contributed by atoms with Crippen molar-refractivity contribution in [3.63, 3.8) is 0 Å². The lowest BCUT2D eigenvalue weighted by Gasteiger charge is -2.36. The number of nitrogens with one attached hydrogen (secondary N) is 1. The fourth-order valence-corrected chi connectivity index (χ4v) is 3.14. The highest BCUT2D eigenvalue weighted by Crippen LogP contribution is 2.30. The summed E-state index contributed by atoms with van der Waals surface area (Å²) in [5, 5.41) is 2.93. The zero-order valence-electron chi connectivity index (χ0n) is 13.0. The van der Waals surface area contributed by atoms with Crippen molar-refractivity contribution in [3.8, 4) is 0 Å². The summed E-state index contributed by atoms with van der Waals surface area (Å²) in [5.74, 6) is -0.647. The Bertz CT molecular complexity index is 726. The second kappa shape index (κ2) is 6.24. The summed E-state index contributed by atoms with van der Waals surface area (Å²) in [5.41, 5.74) is 1.84. The van der Waals surface area contributed by atoms with Gasteiger partial charge in [-0.25, -0.2) is 4.79 Å². The highest BCUT2D eigenvalue weighted by atomic mass is 16.5. The minimum atomic E-state index is -1.00. The molecule has 2 aromatic rings. The second-order valence-electron chi connectivity index (χ2n) is 5.84. The van der Waals surface area contributed by atoms with Crippen LogP contribution in [-0.2, 0) is 22.4 Å². The largest absolute Gasteiger partial charge is 0.467 e. The number of benzene rings is 2. The molecule has 0 aliphatic heterocycles. The molecule has 23 heavy (non-hydrogen) atoms. The van der Waals surface area contributed by atoms with Gasteiger partial charge >= 0.3 is 5.97 Å². The van der Waals surface area contributed by atoms with Crippen LogP contribution in [0.15, 0.2) is 54.6 Å². The molecule has 1 aliphatic rings. The first kappa shape index (κ1) is 15.3. The molecule has 0 saturated carbocycles. The number of rotatable bonds is 3. The Balaban J connectivity index is 1.90. The molecule has 0 fully saturated rings. The molecule has 0 bridgehead atoms. The molecule has 118 valence electrons. The van der Waals surface area contributed by atoms with Gasteiger partial charge in [0.2, 0.25) is 0 Å². The molecule has 1 N–H and O–H groups in total. The number of carbonyl (C=O) groups excluding carboxylic acids is 2. The van der Waals surface area contributed by atoms with E-state index in [2.05, 4.69) is 11.4 Å². The minimum absolute atomic E-state index is 0.254. The molecule has 4 heteroatoms. The average molecular weight is 309 g/mol. The van der Waals surface area contributed by atoms with Gasteiger partial charge in [-0.3, -0.25) is 4.79 Å². The van der Waals surface area contributed by atoms with E-state index in [0.717, 1.165) is 12.0 Å². The lowest BCUT2D eigenvalue weighted by molar-refractivity contribution is -0.148. The number of methoxy groups -OCH3 is 1. The molecule has 1 amide bonds. The first-order valence-electron chi connectivity index (χ1n) is 7.67. The summed E-state index contributed by atoms with van der Waals surface area (Å²) >= 11 is 0. The lowest BCUT2D eigenvalue weighted by atomic mass is 9.77. The van der Waals surface area contributed by atoms with Gasteiger partial charge in [0.25, 0.3) is 5.91 Å². The van der Waals surface area contributed by atoms with Gasteiger partial charge < -0.3 is 10.1 Å². The van der Waals surface area contributed by atoms with Crippen LogP contribution >= 0.6 is 0 Å². The quantitative estimate of drug-likeness (QED) is 0.886. The van der Waals surface area contributed by atoms with E-state index < -0.39 is 11.5 Å². The van der Waals surface area contributed by atoms with Crippen molar-refractivity contribution < 1.29 is 14.3 Å². The Morgan fingerprint density at radius 1 is 1.00 bits per heavy atom. The van der Waals surface area contributed by atoms with Crippen LogP contribution in [0, 0.1) is 0 Å². The van der Waals surface area contributed by atoms with E-state index in [9.17, 15) is 9.59 Å². The molecule has 1 atom stereocenters. The zero-order valence-corrected chi connectivity index (χ0v) is 13.0. The van der Waals surface area contributed by atoms with Crippen molar-refractivity contribution in [2.45, 2.75) is 24.8 Å². The Morgan fingerprint density at radius 3 is 2.35 bits per heavy atom. The maximum atomic E-state index is 12.5. The van der Waals surface area contributed by atoms with Crippen molar-refractivity contribution in [1.29, 1.82) is 0 Å². The van der Waals surface area contributed by atoms with Gasteiger partial charge in [0.05, 0.1) is 7.11 Å². The topological polar surface area (TPSA) is 55.4 Å². The summed E-state index contributed by atoms with van der Waals surface area (Å²) in [4.78, 5) is 25.0. The van der Waals surface area contributed by atoms with Gasteiger partial charge in [0.15, 0.2) is 0 Å². The molecule has 2 aromatic carbocycles. The molecule has 0 unspecified atom stereocenters. The van der Waals surface area contributed by atoms with E-state index in [1.54, 1.807) is 24.3 Å². The normalized spacial score (nSPS) is 19.5. The molecule has 0 aromatic heterocycles. The number of amides is 1. The molecular formula is C19H19NO3. The zero-order chi connectivity index (χ0) is 16.3. The number of hydrogen-bond donors (Lipinski definition) is 1. The van der Waals surface area contributed by atoms with E-state index in [0.29, 0.717) is 18.4 Å². The molecule has 0 spiro atoms. The molecule has 0 heterocycles. The van der Waals surface area contributed by atoms with E-state index in [4.69, 9.17) is 4.74 Å². The Labute approximate surface area is 135 Å². The van der Waals surface area contributed by atoms with Crippen molar-refractivity contribution >= 4 is 11.9 Å². The molecular weight excluding hydrogens is 290 g/mol. The second-order valence-corrected chi connectivity index (χ2v) is 5.84. The predicted octanol–water partition coefficient (Wildman–Crippen LogP) is 2.52. The highest BCUT2D eigenvalue weighted by molar-refractivity contribution is 5.98. The van der Waals surface area contributed by atoms with Gasteiger partial charge in [-0.1, -0.05) is 42.5 Å². The number of ether oxygens (including phenoxy) is 1. The molecule has 1 aliphatic carbocycles. The predicted molar refractivity (Wildman–Crippen MR) is 87.1 cm³/mol. The lowest BCUT2D eigenvalue weighted by Crippen LogP contribution is -2.58. The standard InChI is InChI=1S/C19H19NO3/c1-23-18(22)19(20-17(21)15-8-3-2-4-9-15)12-11-14-7-5-6-10-16(14)13-19/h2-10H,11-13H2,1H3,(H,20,21)/t19-/m1/s1. The third-order valence-corrected chi connectivity index (χ3v) is 4.40. The Kier molecular flexibility index (Phi) is 4.15. The van der Waals surface area contributed by atoms with Gasteiger partial charge in [-0.2, -0.15) is 0 Å². The maximum absolute atomic E-state index is 12.5. The summed E-state index contributed by atoms with van der Waals surface area (Å²) in [6, 6.07) is 16.9. The summed E-state index contributed by atoms with van der Waals surface area (Å²) in [7, 11) is 1.36. The summed E-state index contributed by atoms with van der Waals surface area (Å²) in [6.07, 6.45) is 1.73. The van der Waals surface area contributed by atoms with Crippen molar-refractivity contribution in [1.82, 2.24) is 5.32 Å². The summed E-state index contributed by atoms with van der Waals surface area (Å²) < 4.78 is 4.99. The first-order chi connectivity index (χ1) is 11.1. The van der Waals surface area contributed by atoms with Gasteiger partial charge in [0, 0.05) is 12.0 Å². The van der Waals surface area contributed by atoms with Crippen LogP contribution in [-0.4, -0.2) is 24.5 Å². The van der Waals surface area contributed by atoms with E-state index in [1.807, 2.05) is 24.3 Å². The average Bonchev–Trinajstić information content (AvgIpc) is 2.61. The molecule has 0 radical (unpaired) electrons. The van der Waals surface area contributed by atoms with Crippen molar-refractivity contribution in [2.24, 2.45) is 0 Å². The van der Waals surface area contributed by atoms with Crippen molar-refractivity contribution in [2.75, 3.05) is 7.11 Å². The smallest absolute Gasteiger partial charge is 0.331 e. The number of carbonyl (C=O) groups is 2. The van der Waals surface area contributed by atoms with Crippen LogP contribution in [0.5, 0.6) is 0 Å². The number of hydrogen-bond acceptors (Lipinski definition) is 3. The monoisotopic (exact) mass is 309 g/mol. The minimum Gasteiger partial charge on any atom is -0.467 e. The van der Waals surface area contributed by atoms with Crippen LogP contribution in [0.25, 0.3) is 0 Å². The maximum Gasteiger partial charge on any atom is 0.331 e. The molecule has 0 saturated heterocycles.